The van der Waals surface area contributed by atoms with Gasteiger partial charge in [-0.15, -0.1) is 0 Å². The lowest BCUT2D eigenvalue weighted by Crippen LogP contribution is -2.25. The number of allylic oxidation sites excluding steroid dienone is 6. The van der Waals surface area contributed by atoms with E-state index in [4.69, 9.17) is 4.42 Å². The van der Waals surface area contributed by atoms with Crippen LogP contribution in [0, 0.1) is 5.82 Å². The van der Waals surface area contributed by atoms with Gasteiger partial charge in [0.1, 0.15) is 17.1 Å². The molecule has 3 aromatic heterocycles. The van der Waals surface area contributed by atoms with E-state index in [2.05, 4.69) is 22.5 Å². The number of nitrogens with zero attached hydrogens (tertiary/aromatic N) is 1. The van der Waals surface area contributed by atoms with Gasteiger partial charge in [-0.1, -0.05) is 48.6 Å². The topological polar surface area (TPSA) is 80.0 Å². The molecule has 0 fully saturated rings. The quantitative estimate of drug-likeness (QED) is 0.299. The van der Waals surface area contributed by atoms with E-state index in [0.29, 0.717) is 45.1 Å². The van der Waals surface area contributed by atoms with Crippen LogP contribution in [0.4, 0.5) is 4.39 Å². The van der Waals surface area contributed by atoms with Crippen LogP contribution in [0.1, 0.15) is 34.5 Å². The van der Waals surface area contributed by atoms with E-state index in [9.17, 15) is 9.59 Å². The number of aromatic amines is 1. The van der Waals surface area contributed by atoms with E-state index in [1.54, 1.807) is 17.7 Å². The second-order valence-electron chi connectivity index (χ2n) is 9.05. The van der Waals surface area contributed by atoms with Gasteiger partial charge in [0, 0.05) is 23.7 Å². The fraction of sp³-hybridized carbons (Fsp3) is 0.133. The third-order valence-corrected chi connectivity index (χ3v) is 6.85. The Labute approximate surface area is 211 Å². The highest BCUT2D eigenvalue weighted by Crippen LogP contribution is 2.40. The van der Waals surface area contributed by atoms with Gasteiger partial charge >= 0.3 is 0 Å². The van der Waals surface area contributed by atoms with Crippen molar-refractivity contribution in [2.45, 2.75) is 19.4 Å². The number of fused-ring (bicyclic) bond motifs is 4. The van der Waals surface area contributed by atoms with Crippen molar-refractivity contribution in [1.29, 1.82) is 0 Å². The minimum atomic E-state index is -0.455. The van der Waals surface area contributed by atoms with Crippen LogP contribution in [0.2, 0.25) is 0 Å². The molecule has 0 bridgehead atoms. The maximum absolute atomic E-state index is 15.3. The minimum absolute atomic E-state index is 0.0734. The summed E-state index contributed by atoms with van der Waals surface area (Å²) >= 11 is 0. The lowest BCUT2D eigenvalue weighted by atomic mass is 9.96. The molecule has 6 nitrogen and oxygen atoms in total. The third kappa shape index (κ3) is 3.80. The Morgan fingerprint density at radius 1 is 1.16 bits per heavy atom. The fourth-order valence-electron chi connectivity index (χ4n) is 5.12. The summed E-state index contributed by atoms with van der Waals surface area (Å²) in [5, 5.41) is 4.60. The average Bonchev–Trinajstić information content (AvgIpc) is 3.48. The lowest BCUT2D eigenvalue weighted by molar-refractivity contribution is 0.0954. The molecule has 6 rings (SSSR count). The smallest absolute Gasteiger partial charge is 0.268 e. The predicted molar refractivity (Wildman–Crippen MR) is 144 cm³/mol. The second-order valence-corrected chi connectivity index (χ2v) is 9.05. The highest BCUT2D eigenvalue weighted by Gasteiger charge is 2.28. The van der Waals surface area contributed by atoms with Gasteiger partial charge in [-0.3, -0.25) is 9.59 Å². The molecule has 7 heteroatoms. The van der Waals surface area contributed by atoms with Gasteiger partial charge in [-0.25, -0.2) is 4.39 Å². The van der Waals surface area contributed by atoms with Crippen molar-refractivity contribution < 1.29 is 13.6 Å². The molecule has 2 aromatic carbocycles. The zero-order valence-corrected chi connectivity index (χ0v) is 20.2. The van der Waals surface area contributed by atoms with E-state index < -0.39 is 5.82 Å². The normalized spacial score (nSPS) is 16.9. The van der Waals surface area contributed by atoms with Crippen LogP contribution in [-0.2, 0) is 6.54 Å². The van der Waals surface area contributed by atoms with Crippen LogP contribution in [0.3, 0.4) is 0 Å². The van der Waals surface area contributed by atoms with Gasteiger partial charge in [-0.05, 0) is 48.1 Å². The number of H-pyrrole nitrogens is 1. The van der Waals surface area contributed by atoms with Crippen molar-refractivity contribution in [3.63, 3.8) is 0 Å². The van der Waals surface area contributed by atoms with Crippen molar-refractivity contribution in [3.05, 3.63) is 112 Å². The zero-order chi connectivity index (χ0) is 25.5. The van der Waals surface area contributed by atoms with Crippen molar-refractivity contribution >= 4 is 44.3 Å². The van der Waals surface area contributed by atoms with Gasteiger partial charge in [0.05, 0.1) is 29.1 Å². The first-order chi connectivity index (χ1) is 18.1. The van der Waals surface area contributed by atoms with E-state index in [-0.39, 0.29) is 18.0 Å². The molecule has 3 heterocycles. The van der Waals surface area contributed by atoms with Crippen LogP contribution in [-0.4, -0.2) is 22.5 Å². The summed E-state index contributed by atoms with van der Waals surface area (Å²) in [6.45, 7) is 0.0734. The highest BCUT2D eigenvalue weighted by atomic mass is 19.1. The number of para-hydroxylation sites is 1. The Morgan fingerprint density at radius 3 is 2.89 bits per heavy atom. The van der Waals surface area contributed by atoms with Crippen molar-refractivity contribution in [3.8, 4) is 0 Å². The Bertz CT molecular complexity index is 1850. The van der Waals surface area contributed by atoms with E-state index in [0.717, 1.165) is 22.9 Å². The first-order valence-electron chi connectivity index (χ1n) is 12.1. The summed E-state index contributed by atoms with van der Waals surface area (Å²) in [4.78, 5) is 29.4. The minimum Gasteiger partial charge on any atom is -0.463 e. The van der Waals surface area contributed by atoms with E-state index in [1.807, 2.05) is 48.6 Å². The monoisotopic (exact) mass is 493 g/mol. The number of pyridine rings is 1. The van der Waals surface area contributed by atoms with Gasteiger partial charge < -0.3 is 19.3 Å². The van der Waals surface area contributed by atoms with E-state index in [1.165, 1.54) is 12.3 Å². The molecular weight excluding hydrogens is 469 g/mol. The number of hydrogen-bond donors (Lipinski definition) is 2. The van der Waals surface area contributed by atoms with Gasteiger partial charge in [0.25, 0.3) is 11.5 Å². The first-order valence-corrected chi connectivity index (χ1v) is 12.1. The Morgan fingerprint density at radius 2 is 2.03 bits per heavy atom. The van der Waals surface area contributed by atoms with Crippen LogP contribution in [0.5, 0.6) is 0 Å². The molecule has 2 N–H and O–H groups in total. The van der Waals surface area contributed by atoms with E-state index >= 15 is 4.39 Å². The Hall–Kier alpha value is -4.65. The molecule has 184 valence electrons. The molecule has 0 saturated carbocycles. The molecule has 0 atom stereocenters. The van der Waals surface area contributed by atoms with Crippen LogP contribution < -0.4 is 10.9 Å². The number of benzene rings is 2. The van der Waals surface area contributed by atoms with Crippen molar-refractivity contribution in [2.24, 2.45) is 0 Å². The standard InChI is InChI=1S/C30H24FN3O3/c1-32-30(36)27-25(18-9-5-3-2-4-6-10-18)26-24(16-22(31)21-13-14-37-28(21)26)34(27)17-20-15-19-11-7-8-12-23(19)33-29(20)35/h3-9,11-16H,2,10,17H2,1H3,(H,32,36)(H,33,35)/b5-3-,6-4+,18-9+. The molecule has 5 aromatic rings. The number of aromatic nitrogens is 2. The molecule has 0 spiro atoms. The summed E-state index contributed by atoms with van der Waals surface area (Å²) in [6.07, 6.45) is 13.0. The summed E-state index contributed by atoms with van der Waals surface area (Å²) in [5.41, 5.74) is 3.69. The number of nitrogens with one attached hydrogen (secondary N) is 2. The zero-order valence-electron chi connectivity index (χ0n) is 20.2. The third-order valence-electron chi connectivity index (χ3n) is 6.85. The molecule has 0 saturated heterocycles. The largest absolute Gasteiger partial charge is 0.463 e. The molecule has 0 radical (unpaired) electrons. The van der Waals surface area contributed by atoms with Crippen LogP contribution in [0.25, 0.3) is 38.3 Å². The number of amides is 1. The molecule has 37 heavy (non-hydrogen) atoms. The van der Waals surface area contributed by atoms with Gasteiger partial charge in [0.15, 0.2) is 0 Å². The average molecular weight is 494 g/mol. The summed E-state index contributed by atoms with van der Waals surface area (Å²) in [7, 11) is 1.56. The Kier molecular flexibility index (Phi) is 5.60. The number of carbonyl (C=O) groups excluding carboxylic acids is 1. The number of hydrogen-bond acceptors (Lipinski definition) is 3. The number of rotatable bonds is 4. The predicted octanol–water partition coefficient (Wildman–Crippen LogP) is 6.07. The van der Waals surface area contributed by atoms with Crippen LogP contribution in [0.15, 0.2) is 88.3 Å². The molecule has 1 aliphatic carbocycles. The molecular formula is C30H24FN3O3. The summed E-state index contributed by atoms with van der Waals surface area (Å²) in [6, 6.07) is 12.3. The number of furan rings is 1. The van der Waals surface area contributed by atoms with Gasteiger partial charge in [0.2, 0.25) is 0 Å². The van der Waals surface area contributed by atoms with Crippen molar-refractivity contribution in [1.82, 2.24) is 14.9 Å². The first kappa shape index (κ1) is 22.8. The number of carbonyl (C=O) groups is 1. The fourth-order valence-corrected chi connectivity index (χ4v) is 5.12. The molecule has 0 unspecified atom stereocenters. The number of halogens is 1. The second kappa shape index (κ2) is 9.09. The van der Waals surface area contributed by atoms with Gasteiger partial charge in [-0.2, -0.15) is 0 Å². The molecule has 0 aliphatic heterocycles. The Balaban J connectivity index is 1.70. The molecule has 1 amide bonds. The van der Waals surface area contributed by atoms with Crippen LogP contribution >= 0.6 is 0 Å². The summed E-state index contributed by atoms with van der Waals surface area (Å²) < 4.78 is 22.8. The highest BCUT2D eigenvalue weighted by molar-refractivity contribution is 6.15. The summed E-state index contributed by atoms with van der Waals surface area (Å²) in [5.74, 6) is -0.789. The maximum Gasteiger partial charge on any atom is 0.268 e. The SMILES string of the molecule is CNC(=O)c1c(/C2=C/C=C\C/C=C/C2)c2c3occc3c(F)cc2n1Cc1cc2ccccc2[nH]c1=O. The molecule has 1 aliphatic rings. The maximum atomic E-state index is 15.3. The lowest BCUT2D eigenvalue weighted by Gasteiger charge is -2.13. The van der Waals surface area contributed by atoms with Crippen molar-refractivity contribution in [2.75, 3.05) is 7.05 Å².